The summed E-state index contributed by atoms with van der Waals surface area (Å²) in [5.74, 6) is 0.918. The van der Waals surface area contributed by atoms with Crippen LogP contribution in [-0.4, -0.2) is 0 Å². The van der Waals surface area contributed by atoms with Crippen LogP contribution in [0.2, 0.25) is 0 Å². The maximum absolute atomic E-state index is 2.29. The topological polar surface area (TPSA) is 0 Å². The zero-order valence-corrected chi connectivity index (χ0v) is 7.64. The molecule has 0 aromatic rings. The van der Waals surface area contributed by atoms with Crippen LogP contribution in [0.3, 0.4) is 0 Å². The second kappa shape index (κ2) is 4.38. The van der Waals surface area contributed by atoms with Crippen LogP contribution < -0.4 is 0 Å². The van der Waals surface area contributed by atoms with Gasteiger partial charge in [-0.05, 0) is 18.8 Å². The summed E-state index contributed by atoms with van der Waals surface area (Å²) in [5, 5.41) is 0. The van der Waals surface area contributed by atoms with E-state index in [1.54, 1.807) is 5.57 Å². The average molecular weight is 150 g/mol. The molecule has 0 spiro atoms. The second-order valence-electron chi connectivity index (χ2n) is 3.34. The summed E-state index contributed by atoms with van der Waals surface area (Å²) in [6, 6.07) is 0. The fraction of sp³-hybridized carbons (Fsp3) is 0.636. The average Bonchev–Trinajstić information content (AvgIpc) is 2.52. The van der Waals surface area contributed by atoms with E-state index in [0.717, 1.165) is 5.92 Å². The molecule has 11 heavy (non-hydrogen) atoms. The monoisotopic (exact) mass is 150 g/mol. The highest BCUT2D eigenvalue weighted by Crippen LogP contribution is 2.23. The lowest BCUT2D eigenvalue weighted by atomic mass is 9.94. The Bertz CT molecular complexity index is 159. The largest absolute Gasteiger partial charge is 0.0805 e. The van der Waals surface area contributed by atoms with Gasteiger partial charge in [-0.1, -0.05) is 50.5 Å². The maximum atomic E-state index is 2.29. The Hall–Kier alpha value is -0.520. The molecule has 0 heterocycles. The van der Waals surface area contributed by atoms with Gasteiger partial charge in [0, 0.05) is 0 Å². The van der Waals surface area contributed by atoms with E-state index in [1.165, 1.54) is 25.7 Å². The molecule has 1 rings (SSSR count). The van der Waals surface area contributed by atoms with Crippen molar-refractivity contribution in [3.05, 3.63) is 23.8 Å². The molecule has 0 unspecified atom stereocenters. The highest BCUT2D eigenvalue weighted by molar-refractivity contribution is 5.23. The van der Waals surface area contributed by atoms with Crippen molar-refractivity contribution in [3.8, 4) is 0 Å². The van der Waals surface area contributed by atoms with Crippen LogP contribution in [0.1, 0.15) is 39.5 Å². The summed E-state index contributed by atoms with van der Waals surface area (Å²) in [4.78, 5) is 0. The molecule has 0 saturated heterocycles. The predicted molar refractivity (Wildman–Crippen MR) is 50.5 cm³/mol. The molecule has 0 heteroatoms. The second-order valence-corrected chi connectivity index (χ2v) is 3.34. The molecule has 1 aliphatic carbocycles. The molecule has 0 aromatic carbocycles. The van der Waals surface area contributed by atoms with Crippen molar-refractivity contribution in [2.75, 3.05) is 0 Å². The number of allylic oxidation sites excluding steroid dienone is 4. The number of hydrogen-bond donors (Lipinski definition) is 0. The molecule has 0 fully saturated rings. The maximum Gasteiger partial charge on any atom is -0.0132 e. The molecule has 0 saturated carbocycles. The van der Waals surface area contributed by atoms with Gasteiger partial charge in [0.1, 0.15) is 0 Å². The lowest BCUT2D eigenvalue weighted by Gasteiger charge is -2.12. The minimum atomic E-state index is 0.918. The van der Waals surface area contributed by atoms with E-state index >= 15 is 0 Å². The molecular formula is C11H18. The van der Waals surface area contributed by atoms with Crippen molar-refractivity contribution in [1.82, 2.24) is 0 Å². The van der Waals surface area contributed by atoms with Crippen molar-refractivity contribution >= 4 is 0 Å². The van der Waals surface area contributed by atoms with Crippen molar-refractivity contribution in [3.63, 3.8) is 0 Å². The summed E-state index contributed by atoms with van der Waals surface area (Å²) in [5.41, 5.74) is 1.62. The molecule has 0 amide bonds. The van der Waals surface area contributed by atoms with Crippen molar-refractivity contribution in [2.24, 2.45) is 5.92 Å². The zero-order valence-electron chi connectivity index (χ0n) is 7.64. The zero-order chi connectivity index (χ0) is 8.10. The summed E-state index contributed by atoms with van der Waals surface area (Å²) in [7, 11) is 0. The summed E-state index contributed by atoms with van der Waals surface area (Å²) in [6.45, 7) is 4.58. The van der Waals surface area contributed by atoms with Crippen molar-refractivity contribution in [2.45, 2.75) is 39.5 Å². The Morgan fingerprint density at radius 3 is 2.55 bits per heavy atom. The van der Waals surface area contributed by atoms with Gasteiger partial charge >= 0.3 is 0 Å². The van der Waals surface area contributed by atoms with Crippen LogP contribution in [0.15, 0.2) is 23.8 Å². The summed E-state index contributed by atoms with van der Waals surface area (Å²) >= 11 is 0. The lowest BCUT2D eigenvalue weighted by molar-refractivity contribution is 0.486. The molecular weight excluding hydrogens is 132 g/mol. The smallest absolute Gasteiger partial charge is 0.0132 e. The van der Waals surface area contributed by atoms with Gasteiger partial charge in [0.05, 0.1) is 0 Å². The number of rotatable bonds is 4. The normalized spacial score (nSPS) is 16.1. The SMILES string of the molecule is CCC(CC)CC1=CC=CC1. The minimum absolute atomic E-state index is 0.918. The van der Waals surface area contributed by atoms with Crippen molar-refractivity contribution < 1.29 is 0 Å². The first-order chi connectivity index (χ1) is 5.36. The minimum Gasteiger partial charge on any atom is -0.0805 e. The third-order valence-corrected chi connectivity index (χ3v) is 2.55. The van der Waals surface area contributed by atoms with E-state index in [0.29, 0.717) is 0 Å². The fourth-order valence-electron chi connectivity index (χ4n) is 1.59. The highest BCUT2D eigenvalue weighted by atomic mass is 14.1. The Kier molecular flexibility index (Phi) is 3.41. The standard InChI is InChI=1S/C11H18/c1-3-10(4-2)9-11-7-5-6-8-11/h5-7,10H,3-4,8-9H2,1-2H3. The molecule has 0 radical (unpaired) electrons. The molecule has 0 nitrogen and oxygen atoms in total. The first-order valence-corrected chi connectivity index (χ1v) is 4.71. The van der Waals surface area contributed by atoms with Crippen LogP contribution in [0.25, 0.3) is 0 Å². The van der Waals surface area contributed by atoms with E-state index in [-0.39, 0.29) is 0 Å². The third-order valence-electron chi connectivity index (χ3n) is 2.55. The molecule has 0 N–H and O–H groups in total. The van der Waals surface area contributed by atoms with E-state index in [2.05, 4.69) is 32.1 Å². The molecule has 1 aliphatic rings. The van der Waals surface area contributed by atoms with E-state index < -0.39 is 0 Å². The molecule has 0 aliphatic heterocycles. The first-order valence-electron chi connectivity index (χ1n) is 4.71. The van der Waals surface area contributed by atoms with Crippen LogP contribution >= 0.6 is 0 Å². The Morgan fingerprint density at radius 1 is 1.36 bits per heavy atom. The third kappa shape index (κ3) is 2.53. The van der Waals surface area contributed by atoms with Gasteiger partial charge < -0.3 is 0 Å². The van der Waals surface area contributed by atoms with Crippen LogP contribution in [-0.2, 0) is 0 Å². The Balaban J connectivity index is 2.29. The fourth-order valence-corrected chi connectivity index (χ4v) is 1.59. The summed E-state index contributed by atoms with van der Waals surface area (Å²) < 4.78 is 0. The van der Waals surface area contributed by atoms with Gasteiger partial charge in [-0.2, -0.15) is 0 Å². The lowest BCUT2D eigenvalue weighted by Crippen LogP contribution is -1.97. The molecule has 0 aromatic heterocycles. The van der Waals surface area contributed by atoms with Gasteiger partial charge in [0.15, 0.2) is 0 Å². The Labute approximate surface area is 70.0 Å². The van der Waals surface area contributed by atoms with Crippen molar-refractivity contribution in [1.29, 1.82) is 0 Å². The first kappa shape index (κ1) is 8.58. The predicted octanol–water partition coefficient (Wildman–Crippen LogP) is 3.70. The highest BCUT2D eigenvalue weighted by Gasteiger charge is 2.07. The summed E-state index contributed by atoms with van der Waals surface area (Å²) in [6.07, 6.45) is 11.9. The van der Waals surface area contributed by atoms with Crippen LogP contribution in [0.5, 0.6) is 0 Å². The molecule has 62 valence electrons. The van der Waals surface area contributed by atoms with Gasteiger partial charge in [0.25, 0.3) is 0 Å². The molecule has 0 atom stereocenters. The van der Waals surface area contributed by atoms with Crippen LogP contribution in [0, 0.1) is 5.92 Å². The van der Waals surface area contributed by atoms with Gasteiger partial charge in [-0.15, -0.1) is 0 Å². The van der Waals surface area contributed by atoms with Gasteiger partial charge in [-0.3, -0.25) is 0 Å². The van der Waals surface area contributed by atoms with E-state index in [1.807, 2.05) is 0 Å². The van der Waals surface area contributed by atoms with E-state index in [4.69, 9.17) is 0 Å². The Morgan fingerprint density at radius 2 is 2.09 bits per heavy atom. The number of hydrogen-bond acceptors (Lipinski definition) is 0. The van der Waals surface area contributed by atoms with Gasteiger partial charge in [0.2, 0.25) is 0 Å². The van der Waals surface area contributed by atoms with Gasteiger partial charge in [-0.25, -0.2) is 0 Å². The quantitative estimate of drug-likeness (QED) is 0.573. The molecule has 0 bridgehead atoms. The van der Waals surface area contributed by atoms with Crippen LogP contribution in [0.4, 0.5) is 0 Å². The van der Waals surface area contributed by atoms with E-state index in [9.17, 15) is 0 Å².